The maximum Gasteiger partial charge on any atom is 0.126 e. The fraction of sp³-hybridized carbons (Fsp3) is 0.615. The highest BCUT2D eigenvalue weighted by Crippen LogP contribution is 2.31. The summed E-state index contributed by atoms with van der Waals surface area (Å²) in [6.45, 7) is 4.36. The zero-order chi connectivity index (χ0) is 22.9. The predicted molar refractivity (Wildman–Crippen MR) is 134 cm³/mol. The number of methoxy groups -OCH3 is 1. The molecule has 0 bridgehead atoms. The van der Waals surface area contributed by atoms with E-state index in [0.717, 1.165) is 74.9 Å². The van der Waals surface area contributed by atoms with E-state index in [2.05, 4.69) is 21.7 Å². The minimum Gasteiger partial charge on any atom is -0.383 e. The average molecular weight is 473 g/mol. The van der Waals surface area contributed by atoms with E-state index in [1.807, 2.05) is 18.2 Å². The third-order valence-corrected chi connectivity index (χ3v) is 7.23. The lowest BCUT2D eigenvalue weighted by molar-refractivity contribution is 0.0699. The summed E-state index contributed by atoms with van der Waals surface area (Å²) in [7, 11) is 1.75. The van der Waals surface area contributed by atoms with E-state index in [1.165, 1.54) is 25.7 Å². The van der Waals surface area contributed by atoms with Crippen LogP contribution in [0.5, 0.6) is 0 Å². The van der Waals surface area contributed by atoms with Crippen molar-refractivity contribution in [2.75, 3.05) is 45.3 Å². The molecule has 0 aromatic carbocycles. The summed E-state index contributed by atoms with van der Waals surface area (Å²) >= 11 is 6.55. The number of pyridine rings is 2. The molecule has 1 aliphatic heterocycles. The molecule has 1 saturated carbocycles. The van der Waals surface area contributed by atoms with Crippen LogP contribution in [0.4, 0.5) is 5.82 Å². The molecule has 0 amide bonds. The second-order valence-electron chi connectivity index (χ2n) is 9.37. The standard InChI is InChI=1S/C26H37ClN4O2/c1-32-14-11-28-21-7-5-19(6-8-21)15-22-16-23(24(27)18-29-22)25-3-2-4-26(31-25)30-17-20-9-12-33-13-10-20/h2-4,16,18-21,28H,5-15,17H2,1H3,(H,30,31). The van der Waals surface area contributed by atoms with Crippen LogP contribution in [0, 0.1) is 11.8 Å². The van der Waals surface area contributed by atoms with Gasteiger partial charge in [0.15, 0.2) is 0 Å². The number of hydrogen-bond donors (Lipinski definition) is 2. The molecule has 2 aliphatic rings. The Morgan fingerprint density at radius 3 is 2.70 bits per heavy atom. The summed E-state index contributed by atoms with van der Waals surface area (Å²) in [6, 6.07) is 8.85. The molecular weight excluding hydrogens is 436 g/mol. The quantitative estimate of drug-likeness (QED) is 0.476. The van der Waals surface area contributed by atoms with E-state index in [-0.39, 0.29) is 0 Å². The molecule has 7 heteroatoms. The van der Waals surface area contributed by atoms with Crippen molar-refractivity contribution < 1.29 is 9.47 Å². The molecule has 2 fully saturated rings. The number of aromatic nitrogens is 2. The summed E-state index contributed by atoms with van der Waals surface area (Å²) < 4.78 is 10.6. The predicted octanol–water partition coefficient (Wildman–Crippen LogP) is 4.97. The van der Waals surface area contributed by atoms with Gasteiger partial charge in [0, 0.05) is 56.9 Å². The van der Waals surface area contributed by atoms with Crippen LogP contribution in [0.3, 0.4) is 0 Å². The Labute approximate surface area is 202 Å². The van der Waals surface area contributed by atoms with Crippen LogP contribution in [0.15, 0.2) is 30.5 Å². The first-order valence-corrected chi connectivity index (χ1v) is 12.7. The van der Waals surface area contributed by atoms with Gasteiger partial charge in [0.05, 0.1) is 17.3 Å². The smallest absolute Gasteiger partial charge is 0.126 e. The molecule has 6 nitrogen and oxygen atoms in total. The lowest BCUT2D eigenvalue weighted by Gasteiger charge is -2.29. The molecule has 2 aromatic heterocycles. The fourth-order valence-corrected chi connectivity index (χ4v) is 5.10. The van der Waals surface area contributed by atoms with Gasteiger partial charge in [-0.2, -0.15) is 0 Å². The number of anilines is 1. The summed E-state index contributed by atoms with van der Waals surface area (Å²) in [5.41, 5.74) is 2.96. The van der Waals surface area contributed by atoms with Gasteiger partial charge in [0.2, 0.25) is 0 Å². The van der Waals surface area contributed by atoms with Crippen molar-refractivity contribution >= 4 is 17.4 Å². The van der Waals surface area contributed by atoms with Crippen molar-refractivity contribution in [3.63, 3.8) is 0 Å². The molecular formula is C26H37ClN4O2. The first-order chi connectivity index (χ1) is 16.2. The first kappa shape index (κ1) is 24.4. The van der Waals surface area contributed by atoms with E-state index >= 15 is 0 Å². The van der Waals surface area contributed by atoms with Crippen LogP contribution in [-0.4, -0.2) is 56.0 Å². The molecule has 0 unspecified atom stereocenters. The van der Waals surface area contributed by atoms with Crippen molar-refractivity contribution in [2.24, 2.45) is 11.8 Å². The topological polar surface area (TPSA) is 68.3 Å². The van der Waals surface area contributed by atoms with Crippen LogP contribution in [0.1, 0.15) is 44.2 Å². The number of halogens is 1. The molecule has 3 heterocycles. The summed E-state index contributed by atoms with van der Waals surface area (Å²) in [5.74, 6) is 2.21. The van der Waals surface area contributed by atoms with Crippen molar-refractivity contribution in [3.05, 3.63) is 41.2 Å². The molecule has 0 spiro atoms. The Kier molecular flexibility index (Phi) is 9.36. The third-order valence-electron chi connectivity index (χ3n) is 6.93. The molecule has 1 aliphatic carbocycles. The Morgan fingerprint density at radius 2 is 1.91 bits per heavy atom. The monoisotopic (exact) mass is 472 g/mol. The van der Waals surface area contributed by atoms with Crippen LogP contribution < -0.4 is 10.6 Å². The van der Waals surface area contributed by atoms with Crippen LogP contribution >= 0.6 is 11.6 Å². The normalized spacial score (nSPS) is 21.8. The first-order valence-electron chi connectivity index (χ1n) is 12.4. The van der Waals surface area contributed by atoms with E-state index in [9.17, 15) is 0 Å². The van der Waals surface area contributed by atoms with Gasteiger partial charge in [-0.3, -0.25) is 4.98 Å². The summed E-state index contributed by atoms with van der Waals surface area (Å²) in [5, 5.41) is 7.76. The van der Waals surface area contributed by atoms with Crippen LogP contribution in [0.2, 0.25) is 5.02 Å². The number of nitrogens with one attached hydrogen (secondary N) is 2. The second kappa shape index (κ2) is 12.7. The number of ether oxygens (including phenoxy) is 2. The van der Waals surface area contributed by atoms with Crippen LogP contribution in [0.25, 0.3) is 11.3 Å². The van der Waals surface area contributed by atoms with Crippen molar-refractivity contribution in [1.82, 2.24) is 15.3 Å². The fourth-order valence-electron chi connectivity index (χ4n) is 4.90. The van der Waals surface area contributed by atoms with E-state index in [4.69, 9.17) is 26.1 Å². The highest BCUT2D eigenvalue weighted by Gasteiger charge is 2.22. The Bertz CT molecular complexity index is 867. The largest absolute Gasteiger partial charge is 0.383 e. The molecule has 4 rings (SSSR count). The summed E-state index contributed by atoms with van der Waals surface area (Å²) in [4.78, 5) is 9.49. The minimum atomic E-state index is 0.616. The lowest BCUT2D eigenvalue weighted by atomic mass is 9.83. The van der Waals surface area contributed by atoms with Crippen LogP contribution in [-0.2, 0) is 15.9 Å². The van der Waals surface area contributed by atoms with E-state index < -0.39 is 0 Å². The maximum absolute atomic E-state index is 6.55. The van der Waals surface area contributed by atoms with Gasteiger partial charge >= 0.3 is 0 Å². The Balaban J connectivity index is 1.34. The van der Waals surface area contributed by atoms with Gasteiger partial charge in [0.25, 0.3) is 0 Å². The Morgan fingerprint density at radius 1 is 1.09 bits per heavy atom. The number of nitrogens with zero attached hydrogens (tertiary/aromatic N) is 2. The molecule has 2 N–H and O–H groups in total. The second-order valence-corrected chi connectivity index (χ2v) is 9.78. The van der Waals surface area contributed by atoms with E-state index in [0.29, 0.717) is 22.9 Å². The highest BCUT2D eigenvalue weighted by atomic mass is 35.5. The zero-order valence-corrected chi connectivity index (χ0v) is 20.4. The summed E-state index contributed by atoms with van der Waals surface area (Å²) in [6.07, 6.45) is 9.90. The van der Waals surface area contributed by atoms with Crippen molar-refractivity contribution in [3.8, 4) is 11.3 Å². The SMILES string of the molecule is COCCNC1CCC(Cc2cc(-c3cccc(NCC4CCOCC4)n3)c(Cl)cn2)CC1. The van der Waals surface area contributed by atoms with E-state index in [1.54, 1.807) is 13.3 Å². The Hall–Kier alpha value is -1.73. The van der Waals surface area contributed by atoms with Gasteiger partial charge in [-0.15, -0.1) is 0 Å². The molecule has 0 atom stereocenters. The molecule has 180 valence electrons. The molecule has 2 aromatic rings. The minimum absolute atomic E-state index is 0.616. The number of rotatable bonds is 10. The molecule has 33 heavy (non-hydrogen) atoms. The lowest BCUT2D eigenvalue weighted by Crippen LogP contribution is -2.35. The van der Waals surface area contributed by atoms with Crippen molar-refractivity contribution in [1.29, 1.82) is 0 Å². The van der Waals surface area contributed by atoms with Gasteiger partial charge in [-0.1, -0.05) is 17.7 Å². The average Bonchev–Trinajstić information content (AvgIpc) is 2.86. The van der Waals surface area contributed by atoms with Crippen molar-refractivity contribution in [2.45, 2.75) is 51.0 Å². The number of hydrogen-bond acceptors (Lipinski definition) is 6. The van der Waals surface area contributed by atoms with Gasteiger partial charge < -0.3 is 20.1 Å². The highest BCUT2D eigenvalue weighted by molar-refractivity contribution is 6.33. The van der Waals surface area contributed by atoms with Gasteiger partial charge in [0.1, 0.15) is 5.82 Å². The van der Waals surface area contributed by atoms with Gasteiger partial charge in [-0.05, 0) is 75.0 Å². The zero-order valence-electron chi connectivity index (χ0n) is 19.7. The third kappa shape index (κ3) is 7.38. The molecule has 0 radical (unpaired) electrons. The molecule has 1 saturated heterocycles. The maximum atomic E-state index is 6.55. The van der Waals surface area contributed by atoms with Gasteiger partial charge in [-0.25, -0.2) is 4.98 Å².